The van der Waals surface area contributed by atoms with Crippen LogP contribution in [-0.2, 0) is 6.54 Å². The molecule has 0 saturated carbocycles. The molecule has 12 heavy (non-hydrogen) atoms. The van der Waals surface area contributed by atoms with Gasteiger partial charge in [-0.2, -0.15) is 0 Å². The molecule has 1 aromatic heterocycles. The van der Waals surface area contributed by atoms with E-state index >= 15 is 0 Å². The summed E-state index contributed by atoms with van der Waals surface area (Å²) in [6.07, 6.45) is 0.707. The Balaban J connectivity index is 2.47. The molecule has 0 fully saturated rings. The van der Waals surface area contributed by atoms with Crippen LogP contribution < -0.4 is 5.32 Å². The van der Waals surface area contributed by atoms with Crippen LogP contribution >= 0.6 is 0 Å². The van der Waals surface area contributed by atoms with Gasteiger partial charge in [-0.15, -0.1) is 0 Å². The molecule has 0 radical (unpaired) electrons. The lowest BCUT2D eigenvalue weighted by Crippen LogP contribution is -2.21. The van der Waals surface area contributed by atoms with Crippen molar-refractivity contribution >= 4 is 6.29 Å². The van der Waals surface area contributed by atoms with Crippen LogP contribution in [0.4, 0.5) is 0 Å². The van der Waals surface area contributed by atoms with Gasteiger partial charge in [0.25, 0.3) is 0 Å². The summed E-state index contributed by atoms with van der Waals surface area (Å²) in [5.74, 6) is 1.18. The van der Waals surface area contributed by atoms with Crippen LogP contribution in [0, 0.1) is 0 Å². The number of carbonyl (C=O) groups excluding carboxylic acids is 1. The second kappa shape index (κ2) is 4.07. The van der Waals surface area contributed by atoms with Crippen LogP contribution in [0.15, 0.2) is 16.5 Å². The fourth-order valence-corrected chi connectivity index (χ4v) is 0.858. The lowest BCUT2D eigenvalue weighted by atomic mass is 10.3. The Morgan fingerprint density at radius 1 is 1.58 bits per heavy atom. The molecule has 1 rings (SSSR count). The number of rotatable bonds is 4. The van der Waals surface area contributed by atoms with E-state index in [4.69, 9.17) is 4.42 Å². The fourth-order valence-electron chi connectivity index (χ4n) is 0.858. The van der Waals surface area contributed by atoms with Crippen molar-refractivity contribution in [2.24, 2.45) is 0 Å². The third kappa shape index (κ3) is 2.51. The van der Waals surface area contributed by atoms with Crippen molar-refractivity contribution in [1.82, 2.24) is 5.32 Å². The highest BCUT2D eigenvalue weighted by atomic mass is 16.3. The van der Waals surface area contributed by atoms with Gasteiger partial charge in [0.05, 0.1) is 6.54 Å². The molecule has 0 atom stereocenters. The molecule has 1 N–H and O–H groups in total. The lowest BCUT2D eigenvalue weighted by Gasteiger charge is -2.04. The van der Waals surface area contributed by atoms with Crippen molar-refractivity contribution in [3.63, 3.8) is 0 Å². The van der Waals surface area contributed by atoms with Crippen molar-refractivity contribution in [1.29, 1.82) is 0 Å². The molecule has 0 unspecified atom stereocenters. The zero-order chi connectivity index (χ0) is 8.97. The van der Waals surface area contributed by atoms with Gasteiger partial charge in [-0.1, -0.05) is 13.8 Å². The van der Waals surface area contributed by atoms with Gasteiger partial charge in [-0.25, -0.2) is 0 Å². The summed E-state index contributed by atoms with van der Waals surface area (Å²) in [4.78, 5) is 10.2. The fraction of sp³-hybridized carbons (Fsp3) is 0.444. The molecular formula is C9H13NO2. The normalized spacial score (nSPS) is 10.6. The maximum absolute atomic E-state index is 10.2. The molecular weight excluding hydrogens is 154 g/mol. The van der Waals surface area contributed by atoms with Gasteiger partial charge in [0.2, 0.25) is 0 Å². The van der Waals surface area contributed by atoms with Gasteiger partial charge in [-0.3, -0.25) is 4.79 Å². The minimum atomic E-state index is 0.385. The average Bonchev–Trinajstić information content (AvgIpc) is 2.48. The van der Waals surface area contributed by atoms with E-state index in [9.17, 15) is 4.79 Å². The van der Waals surface area contributed by atoms with Crippen LogP contribution in [0.1, 0.15) is 30.2 Å². The molecule has 0 aliphatic rings. The van der Waals surface area contributed by atoms with E-state index in [1.807, 2.05) is 0 Å². The summed E-state index contributed by atoms with van der Waals surface area (Å²) in [5, 5.41) is 3.19. The van der Waals surface area contributed by atoms with Crippen molar-refractivity contribution in [3.05, 3.63) is 23.7 Å². The molecule has 3 nitrogen and oxygen atoms in total. The molecule has 1 aromatic rings. The molecule has 0 spiro atoms. The highest BCUT2D eigenvalue weighted by molar-refractivity contribution is 5.70. The van der Waals surface area contributed by atoms with Crippen LogP contribution in [0.3, 0.4) is 0 Å². The standard InChI is InChI=1S/C9H13NO2/c1-7(2)10-5-8-3-4-9(6-11)12-8/h3-4,6-7,10H,5H2,1-2H3. The van der Waals surface area contributed by atoms with Crippen molar-refractivity contribution in [2.45, 2.75) is 26.4 Å². The Kier molecular flexibility index (Phi) is 3.05. The SMILES string of the molecule is CC(C)NCc1ccc(C=O)o1. The van der Waals surface area contributed by atoms with Gasteiger partial charge >= 0.3 is 0 Å². The molecule has 0 aliphatic carbocycles. The van der Waals surface area contributed by atoms with E-state index in [-0.39, 0.29) is 0 Å². The van der Waals surface area contributed by atoms with Gasteiger partial charge in [0.15, 0.2) is 12.0 Å². The number of hydrogen-bond acceptors (Lipinski definition) is 3. The van der Waals surface area contributed by atoms with E-state index in [2.05, 4.69) is 19.2 Å². The zero-order valence-electron chi connectivity index (χ0n) is 7.33. The second-order valence-corrected chi connectivity index (χ2v) is 2.96. The number of carbonyl (C=O) groups is 1. The monoisotopic (exact) mass is 167 g/mol. The Bertz CT molecular complexity index is 253. The number of nitrogens with one attached hydrogen (secondary N) is 1. The lowest BCUT2D eigenvalue weighted by molar-refractivity contribution is 0.109. The minimum absolute atomic E-state index is 0.385. The predicted octanol–water partition coefficient (Wildman–Crippen LogP) is 1.59. The van der Waals surface area contributed by atoms with E-state index in [1.54, 1.807) is 12.1 Å². The first kappa shape index (κ1) is 9.00. The predicted molar refractivity (Wildman–Crippen MR) is 46.1 cm³/mol. The molecule has 66 valence electrons. The largest absolute Gasteiger partial charge is 0.457 e. The summed E-state index contributed by atoms with van der Waals surface area (Å²) in [7, 11) is 0. The van der Waals surface area contributed by atoms with Gasteiger partial charge in [0.1, 0.15) is 5.76 Å². The second-order valence-electron chi connectivity index (χ2n) is 2.96. The Labute approximate surface area is 71.8 Å². The van der Waals surface area contributed by atoms with Crippen LogP contribution in [0.25, 0.3) is 0 Å². The Morgan fingerprint density at radius 2 is 2.33 bits per heavy atom. The smallest absolute Gasteiger partial charge is 0.185 e. The van der Waals surface area contributed by atoms with Gasteiger partial charge in [0, 0.05) is 6.04 Å². The maximum Gasteiger partial charge on any atom is 0.185 e. The molecule has 0 aliphatic heterocycles. The maximum atomic E-state index is 10.2. The summed E-state index contributed by atoms with van der Waals surface area (Å²) in [5.41, 5.74) is 0. The third-order valence-electron chi connectivity index (χ3n) is 1.48. The number of hydrogen-bond donors (Lipinski definition) is 1. The summed E-state index contributed by atoms with van der Waals surface area (Å²) in [6, 6.07) is 3.90. The summed E-state index contributed by atoms with van der Waals surface area (Å²) >= 11 is 0. The topological polar surface area (TPSA) is 42.2 Å². The molecule has 1 heterocycles. The van der Waals surface area contributed by atoms with Crippen molar-refractivity contribution in [2.75, 3.05) is 0 Å². The molecule has 0 bridgehead atoms. The first-order valence-corrected chi connectivity index (χ1v) is 3.99. The van der Waals surface area contributed by atoms with E-state index in [1.165, 1.54) is 0 Å². The van der Waals surface area contributed by atoms with Crippen LogP contribution in [0.2, 0.25) is 0 Å². The third-order valence-corrected chi connectivity index (χ3v) is 1.48. The molecule has 3 heteroatoms. The number of furan rings is 1. The Hall–Kier alpha value is -1.09. The first-order chi connectivity index (χ1) is 5.72. The van der Waals surface area contributed by atoms with Crippen LogP contribution in [0.5, 0.6) is 0 Å². The summed E-state index contributed by atoms with van der Waals surface area (Å²) in [6.45, 7) is 4.79. The van der Waals surface area contributed by atoms with E-state index in [0.717, 1.165) is 5.76 Å². The van der Waals surface area contributed by atoms with Gasteiger partial charge in [-0.05, 0) is 12.1 Å². The first-order valence-electron chi connectivity index (χ1n) is 3.99. The van der Waals surface area contributed by atoms with E-state index < -0.39 is 0 Å². The highest BCUT2D eigenvalue weighted by Gasteiger charge is 2.00. The molecule has 0 amide bonds. The molecule has 0 aromatic carbocycles. The number of aldehydes is 1. The van der Waals surface area contributed by atoms with Crippen LogP contribution in [-0.4, -0.2) is 12.3 Å². The van der Waals surface area contributed by atoms with Gasteiger partial charge < -0.3 is 9.73 Å². The minimum Gasteiger partial charge on any atom is -0.457 e. The average molecular weight is 167 g/mol. The zero-order valence-corrected chi connectivity index (χ0v) is 7.33. The summed E-state index contributed by atoms with van der Waals surface area (Å²) < 4.78 is 5.15. The van der Waals surface area contributed by atoms with E-state index in [0.29, 0.717) is 24.6 Å². The molecule has 0 saturated heterocycles. The van der Waals surface area contributed by atoms with Crippen molar-refractivity contribution < 1.29 is 9.21 Å². The van der Waals surface area contributed by atoms with Crippen molar-refractivity contribution in [3.8, 4) is 0 Å². The quantitative estimate of drug-likeness (QED) is 0.692. The highest BCUT2D eigenvalue weighted by Crippen LogP contribution is 2.04. The Morgan fingerprint density at radius 3 is 2.83 bits per heavy atom.